The molecule has 29 heavy (non-hydrogen) atoms. The molecule has 1 aromatic carbocycles. The Morgan fingerprint density at radius 3 is 2.69 bits per heavy atom. The number of hydrogen-bond acceptors (Lipinski definition) is 6. The maximum absolute atomic E-state index is 12.7. The summed E-state index contributed by atoms with van der Waals surface area (Å²) >= 11 is 1.45. The molecule has 3 aromatic rings. The van der Waals surface area contributed by atoms with Crippen molar-refractivity contribution in [3.8, 4) is 5.75 Å². The molecule has 1 aliphatic heterocycles. The van der Waals surface area contributed by atoms with Crippen LogP contribution >= 0.6 is 11.3 Å². The van der Waals surface area contributed by atoms with Crippen molar-refractivity contribution in [2.24, 2.45) is 0 Å². The normalized spacial score (nSPS) is 14.8. The van der Waals surface area contributed by atoms with Crippen molar-refractivity contribution in [1.82, 2.24) is 19.2 Å². The molecule has 0 bridgehead atoms. The van der Waals surface area contributed by atoms with Gasteiger partial charge in [-0.25, -0.2) is 4.98 Å². The van der Waals surface area contributed by atoms with E-state index in [4.69, 9.17) is 4.74 Å². The first-order valence-corrected chi connectivity index (χ1v) is 10.3. The third-order valence-corrected chi connectivity index (χ3v) is 5.63. The number of piperazine rings is 1. The predicted octanol–water partition coefficient (Wildman–Crippen LogP) is 2.28. The lowest BCUT2D eigenvalue weighted by Crippen LogP contribution is -2.48. The molecule has 0 atom stereocenters. The van der Waals surface area contributed by atoms with Gasteiger partial charge in [0.25, 0.3) is 11.5 Å². The van der Waals surface area contributed by atoms with Crippen molar-refractivity contribution in [3.05, 3.63) is 76.2 Å². The number of carbonyl (C=O) groups excluding carboxylic acids is 1. The number of benzene rings is 1. The zero-order valence-electron chi connectivity index (χ0n) is 16.0. The van der Waals surface area contributed by atoms with E-state index in [9.17, 15) is 9.59 Å². The molecule has 0 aliphatic carbocycles. The van der Waals surface area contributed by atoms with Gasteiger partial charge in [-0.15, -0.1) is 11.3 Å². The molecule has 7 nitrogen and oxygen atoms in total. The van der Waals surface area contributed by atoms with Crippen LogP contribution in [0.4, 0.5) is 0 Å². The molecule has 1 amide bonds. The summed E-state index contributed by atoms with van der Waals surface area (Å²) in [5, 5.41) is 1.86. The standard InChI is InChI=1S/C21H22N4O3S/c1-2-12-28-18-5-3-16(4-6-18)20(27)24-9-7-23(8-10-24)15-17-14-19(26)25-11-13-29-21(25)22-17/h2-6,11,13-14H,1,7-10,12,15H2. The third-order valence-electron chi connectivity index (χ3n) is 4.87. The van der Waals surface area contributed by atoms with Gasteiger partial charge in [-0.3, -0.25) is 18.9 Å². The largest absolute Gasteiger partial charge is 0.490 e. The van der Waals surface area contributed by atoms with E-state index in [-0.39, 0.29) is 11.5 Å². The smallest absolute Gasteiger partial charge is 0.258 e. The van der Waals surface area contributed by atoms with Crippen molar-refractivity contribution in [3.63, 3.8) is 0 Å². The minimum absolute atomic E-state index is 0.0243. The Balaban J connectivity index is 1.34. The fourth-order valence-corrected chi connectivity index (χ4v) is 4.08. The molecule has 1 aliphatic rings. The summed E-state index contributed by atoms with van der Waals surface area (Å²) in [5.41, 5.74) is 1.37. The maximum Gasteiger partial charge on any atom is 0.258 e. The highest BCUT2D eigenvalue weighted by Gasteiger charge is 2.22. The van der Waals surface area contributed by atoms with E-state index < -0.39 is 0 Å². The number of aromatic nitrogens is 2. The van der Waals surface area contributed by atoms with E-state index in [1.807, 2.05) is 10.3 Å². The molecule has 0 unspecified atom stereocenters. The number of thiazole rings is 1. The topological polar surface area (TPSA) is 67.2 Å². The van der Waals surface area contributed by atoms with Gasteiger partial charge in [0.2, 0.25) is 0 Å². The number of hydrogen-bond donors (Lipinski definition) is 0. The van der Waals surface area contributed by atoms with Crippen LogP contribution in [-0.2, 0) is 6.54 Å². The summed E-state index contributed by atoms with van der Waals surface area (Å²) < 4.78 is 7.01. The van der Waals surface area contributed by atoms with Crippen LogP contribution in [-0.4, -0.2) is 57.9 Å². The van der Waals surface area contributed by atoms with Crippen molar-refractivity contribution in [1.29, 1.82) is 0 Å². The molecule has 0 saturated carbocycles. The van der Waals surface area contributed by atoms with Crippen LogP contribution in [0.15, 0.2) is 59.4 Å². The second-order valence-electron chi connectivity index (χ2n) is 6.83. The van der Waals surface area contributed by atoms with E-state index >= 15 is 0 Å². The average Bonchev–Trinajstić information content (AvgIpc) is 3.22. The van der Waals surface area contributed by atoms with E-state index in [1.165, 1.54) is 11.3 Å². The first kappa shape index (κ1) is 19.4. The maximum atomic E-state index is 12.7. The molecule has 3 heterocycles. The minimum atomic E-state index is -0.0550. The summed E-state index contributed by atoms with van der Waals surface area (Å²) in [6, 6.07) is 8.78. The zero-order valence-corrected chi connectivity index (χ0v) is 16.8. The molecular formula is C21H22N4O3S. The molecule has 0 radical (unpaired) electrons. The fraction of sp³-hybridized carbons (Fsp3) is 0.286. The SMILES string of the molecule is C=CCOc1ccc(C(=O)N2CCN(Cc3cc(=O)n4ccsc4n3)CC2)cc1. The average molecular weight is 410 g/mol. The van der Waals surface area contributed by atoms with Crippen molar-refractivity contribution in [2.45, 2.75) is 6.54 Å². The van der Waals surface area contributed by atoms with Gasteiger partial charge in [0, 0.05) is 55.9 Å². The molecule has 4 rings (SSSR count). The van der Waals surface area contributed by atoms with Crippen molar-refractivity contribution >= 4 is 22.2 Å². The second-order valence-corrected chi connectivity index (χ2v) is 7.71. The summed E-state index contributed by atoms with van der Waals surface area (Å²) in [4.78, 5) is 34.2. The molecule has 1 saturated heterocycles. The van der Waals surface area contributed by atoms with Crippen LogP contribution in [0.1, 0.15) is 16.1 Å². The Labute approximate surface area is 172 Å². The van der Waals surface area contributed by atoms with Gasteiger partial charge >= 0.3 is 0 Å². The second kappa shape index (κ2) is 8.59. The van der Waals surface area contributed by atoms with Crippen LogP contribution in [0, 0.1) is 0 Å². The summed E-state index contributed by atoms with van der Waals surface area (Å²) in [6.45, 7) is 7.46. The van der Waals surface area contributed by atoms with Gasteiger partial charge in [0.1, 0.15) is 12.4 Å². The van der Waals surface area contributed by atoms with Crippen LogP contribution in [0.25, 0.3) is 4.96 Å². The molecule has 2 aromatic heterocycles. The van der Waals surface area contributed by atoms with Gasteiger partial charge in [-0.1, -0.05) is 12.7 Å². The Morgan fingerprint density at radius 1 is 1.21 bits per heavy atom. The Bertz CT molecular complexity index is 1070. The zero-order chi connectivity index (χ0) is 20.2. The summed E-state index contributed by atoms with van der Waals surface area (Å²) in [6.07, 6.45) is 3.42. The van der Waals surface area contributed by atoms with Crippen LogP contribution in [0.5, 0.6) is 5.75 Å². The molecule has 1 fully saturated rings. The lowest BCUT2D eigenvalue weighted by atomic mass is 10.1. The van der Waals surface area contributed by atoms with Gasteiger partial charge in [-0.2, -0.15) is 0 Å². The lowest BCUT2D eigenvalue weighted by molar-refractivity contribution is 0.0627. The number of carbonyl (C=O) groups is 1. The highest BCUT2D eigenvalue weighted by atomic mass is 32.1. The van der Waals surface area contributed by atoms with Gasteiger partial charge in [0.05, 0.1) is 5.69 Å². The van der Waals surface area contributed by atoms with E-state index in [2.05, 4.69) is 16.5 Å². The van der Waals surface area contributed by atoms with E-state index in [1.54, 1.807) is 47.0 Å². The number of rotatable bonds is 6. The van der Waals surface area contributed by atoms with E-state index in [0.717, 1.165) is 24.5 Å². The number of ether oxygens (including phenoxy) is 1. The highest BCUT2D eigenvalue weighted by molar-refractivity contribution is 7.15. The third kappa shape index (κ3) is 4.38. The molecule has 0 spiro atoms. The monoisotopic (exact) mass is 410 g/mol. The van der Waals surface area contributed by atoms with E-state index in [0.29, 0.717) is 36.8 Å². The quantitative estimate of drug-likeness (QED) is 0.584. The van der Waals surface area contributed by atoms with Crippen molar-refractivity contribution < 1.29 is 9.53 Å². The van der Waals surface area contributed by atoms with Gasteiger partial charge in [0.15, 0.2) is 4.96 Å². The van der Waals surface area contributed by atoms with Crippen molar-refractivity contribution in [2.75, 3.05) is 32.8 Å². The highest BCUT2D eigenvalue weighted by Crippen LogP contribution is 2.16. The number of fused-ring (bicyclic) bond motifs is 1. The first-order chi connectivity index (χ1) is 14.1. The Hall–Kier alpha value is -2.97. The first-order valence-electron chi connectivity index (χ1n) is 9.45. The number of nitrogens with zero attached hydrogens (tertiary/aromatic N) is 4. The molecular weight excluding hydrogens is 388 g/mol. The number of amides is 1. The summed E-state index contributed by atoms with van der Waals surface area (Å²) in [7, 11) is 0. The minimum Gasteiger partial charge on any atom is -0.490 e. The molecule has 150 valence electrons. The van der Waals surface area contributed by atoms with Crippen LogP contribution < -0.4 is 10.3 Å². The summed E-state index contributed by atoms with van der Waals surface area (Å²) in [5.74, 6) is 0.744. The molecule has 8 heteroatoms. The van der Waals surface area contributed by atoms with Gasteiger partial charge < -0.3 is 9.64 Å². The van der Waals surface area contributed by atoms with Crippen LogP contribution in [0.3, 0.4) is 0 Å². The molecule has 0 N–H and O–H groups in total. The lowest BCUT2D eigenvalue weighted by Gasteiger charge is -2.34. The van der Waals surface area contributed by atoms with Gasteiger partial charge in [-0.05, 0) is 24.3 Å². The Morgan fingerprint density at radius 2 is 1.97 bits per heavy atom. The fourth-order valence-electron chi connectivity index (χ4n) is 3.34. The van der Waals surface area contributed by atoms with Crippen LogP contribution in [0.2, 0.25) is 0 Å². The Kier molecular flexibility index (Phi) is 5.73. The predicted molar refractivity (Wildman–Crippen MR) is 113 cm³/mol.